The van der Waals surface area contributed by atoms with Gasteiger partial charge in [-0.1, -0.05) is 43.3 Å². The van der Waals surface area contributed by atoms with Gasteiger partial charge in [0.05, 0.1) is 0 Å². The highest BCUT2D eigenvalue weighted by Crippen LogP contribution is 2.37. The minimum atomic E-state index is -0.500. The van der Waals surface area contributed by atoms with Crippen molar-refractivity contribution < 1.29 is 10.0 Å². The number of nitrogens with zero attached hydrogens (tertiary/aromatic N) is 1. The molecule has 0 bridgehead atoms. The van der Waals surface area contributed by atoms with E-state index in [1.54, 1.807) is 5.48 Å². The van der Waals surface area contributed by atoms with E-state index in [-0.39, 0.29) is 0 Å². The molecule has 156 valence electrons. The number of carbonyl (C=O) groups excluding carboxylic acids is 1. The van der Waals surface area contributed by atoms with Gasteiger partial charge in [0.15, 0.2) is 0 Å². The summed E-state index contributed by atoms with van der Waals surface area (Å²) >= 11 is 0. The van der Waals surface area contributed by atoms with Gasteiger partial charge in [0.2, 0.25) is 0 Å². The molecule has 1 unspecified atom stereocenters. The number of hydrogen-bond acceptors (Lipinski definition) is 3. The van der Waals surface area contributed by atoms with Gasteiger partial charge in [-0.3, -0.25) is 14.9 Å². The molecule has 1 heterocycles. The second-order valence-electron chi connectivity index (χ2n) is 8.01. The number of H-pyrrole nitrogens is 1. The maximum absolute atomic E-state index is 11.4. The third-order valence-electron chi connectivity index (χ3n) is 6.29. The summed E-state index contributed by atoms with van der Waals surface area (Å²) in [5.41, 5.74) is 8.87. The number of nitrogens with one attached hydrogen (secondary N) is 2. The molecule has 0 radical (unpaired) electrons. The molecule has 0 saturated heterocycles. The molecule has 1 atom stereocenters. The first-order chi connectivity index (χ1) is 14.6. The van der Waals surface area contributed by atoms with Crippen molar-refractivity contribution in [3.63, 3.8) is 0 Å². The van der Waals surface area contributed by atoms with Crippen LogP contribution in [0, 0.1) is 0 Å². The van der Waals surface area contributed by atoms with Crippen LogP contribution in [-0.4, -0.2) is 34.1 Å². The predicted octanol–water partition coefficient (Wildman–Crippen LogP) is 4.63. The van der Waals surface area contributed by atoms with Crippen molar-refractivity contribution >= 4 is 22.4 Å². The molecule has 1 amide bonds. The van der Waals surface area contributed by atoms with Crippen molar-refractivity contribution in [3.05, 3.63) is 77.0 Å². The molecule has 3 aromatic rings. The van der Waals surface area contributed by atoms with E-state index in [1.807, 2.05) is 6.92 Å². The van der Waals surface area contributed by atoms with Gasteiger partial charge in [0.25, 0.3) is 5.91 Å². The number of benzene rings is 2. The highest BCUT2D eigenvalue weighted by molar-refractivity contribution is 5.94. The van der Waals surface area contributed by atoms with Crippen LogP contribution in [0.3, 0.4) is 0 Å². The Morgan fingerprint density at radius 1 is 1.30 bits per heavy atom. The van der Waals surface area contributed by atoms with Gasteiger partial charge < -0.3 is 4.98 Å². The van der Waals surface area contributed by atoms with Crippen LogP contribution in [0.5, 0.6) is 0 Å². The summed E-state index contributed by atoms with van der Waals surface area (Å²) < 4.78 is 0. The van der Waals surface area contributed by atoms with Crippen LogP contribution in [0.1, 0.15) is 48.6 Å². The van der Waals surface area contributed by atoms with E-state index in [0.29, 0.717) is 6.04 Å². The topological polar surface area (TPSA) is 68.4 Å². The van der Waals surface area contributed by atoms with Crippen molar-refractivity contribution in [1.82, 2.24) is 15.4 Å². The average molecular weight is 404 g/mol. The van der Waals surface area contributed by atoms with Crippen LogP contribution in [-0.2, 0) is 17.6 Å². The molecule has 3 N–H and O–H groups in total. The number of amides is 1. The minimum absolute atomic E-state index is 0.439. The zero-order chi connectivity index (χ0) is 21.1. The molecule has 5 nitrogen and oxygen atoms in total. The number of aromatic amines is 1. The molecule has 5 heteroatoms. The summed E-state index contributed by atoms with van der Waals surface area (Å²) in [4.78, 5) is 17.4. The second kappa shape index (κ2) is 8.86. The van der Waals surface area contributed by atoms with Crippen LogP contribution < -0.4 is 5.48 Å². The Bertz CT molecular complexity index is 1080. The van der Waals surface area contributed by atoms with Crippen LogP contribution >= 0.6 is 0 Å². The van der Waals surface area contributed by atoms with Crippen molar-refractivity contribution in [2.45, 2.75) is 39.2 Å². The van der Waals surface area contributed by atoms with Gasteiger partial charge in [-0.15, -0.1) is 0 Å². The Labute approximate surface area is 177 Å². The first-order valence-corrected chi connectivity index (χ1v) is 10.6. The molecule has 0 spiro atoms. The number of rotatable bonds is 7. The van der Waals surface area contributed by atoms with Crippen molar-refractivity contribution in [2.75, 3.05) is 13.1 Å². The molecular weight excluding hydrogens is 374 g/mol. The number of aromatic nitrogens is 1. The number of fused-ring (bicyclic) bond motifs is 2. The van der Waals surface area contributed by atoms with E-state index in [1.165, 1.54) is 33.7 Å². The molecule has 0 fully saturated rings. The summed E-state index contributed by atoms with van der Waals surface area (Å²) in [6.45, 7) is 6.18. The second-order valence-corrected chi connectivity index (χ2v) is 8.01. The third-order valence-corrected chi connectivity index (χ3v) is 6.29. The highest BCUT2D eigenvalue weighted by atomic mass is 16.5. The Kier molecular flexibility index (Phi) is 6.02. The number of hydroxylamine groups is 1. The van der Waals surface area contributed by atoms with Crippen LogP contribution in [0.2, 0.25) is 0 Å². The normalized spacial score (nSPS) is 16.3. The van der Waals surface area contributed by atoms with Crippen molar-refractivity contribution in [3.8, 4) is 0 Å². The Hall–Kier alpha value is -2.89. The van der Waals surface area contributed by atoms with Crippen molar-refractivity contribution in [2.24, 2.45) is 0 Å². The predicted molar refractivity (Wildman–Crippen MR) is 120 cm³/mol. The quantitative estimate of drug-likeness (QED) is 0.306. The Morgan fingerprint density at radius 2 is 2.13 bits per heavy atom. The minimum Gasteiger partial charge on any atom is -0.361 e. The van der Waals surface area contributed by atoms with E-state index < -0.39 is 5.91 Å². The van der Waals surface area contributed by atoms with Gasteiger partial charge in [-0.25, -0.2) is 5.48 Å². The van der Waals surface area contributed by atoms with E-state index in [4.69, 9.17) is 5.21 Å². The lowest BCUT2D eigenvalue weighted by Gasteiger charge is -2.28. The molecule has 1 aromatic heterocycles. The first-order valence-electron chi connectivity index (χ1n) is 10.6. The molecule has 1 aliphatic rings. The third kappa shape index (κ3) is 4.04. The van der Waals surface area contributed by atoms with Crippen LogP contribution in [0.4, 0.5) is 0 Å². The number of carbonyl (C=O) groups is 1. The van der Waals surface area contributed by atoms with E-state index in [2.05, 4.69) is 65.5 Å². The Balaban J connectivity index is 1.49. The molecule has 0 saturated carbocycles. The number of aryl methyl sites for hydroxylation is 1. The largest absolute Gasteiger partial charge is 0.361 e. The summed E-state index contributed by atoms with van der Waals surface area (Å²) in [6.07, 6.45) is 6.77. The standard InChI is InChI=1S/C25H29N3O2/c1-3-28(13-12-20-16-26-23-7-5-4-6-21(20)23)24-11-9-19-15-18(8-10-22(19)24)17(2)14-25(29)27-30/h4-8,10,14-16,24,26,30H,3,9,11-13H2,1-2H3,(H,27,29)/b17-14+. The summed E-state index contributed by atoms with van der Waals surface area (Å²) in [6, 6.07) is 15.4. The molecule has 30 heavy (non-hydrogen) atoms. The summed E-state index contributed by atoms with van der Waals surface area (Å²) in [7, 11) is 0. The monoisotopic (exact) mass is 403 g/mol. The Morgan fingerprint density at radius 3 is 2.93 bits per heavy atom. The van der Waals surface area contributed by atoms with Crippen molar-refractivity contribution in [1.29, 1.82) is 0 Å². The summed E-state index contributed by atoms with van der Waals surface area (Å²) in [5, 5.41) is 10.1. The highest BCUT2D eigenvalue weighted by Gasteiger charge is 2.27. The number of allylic oxidation sites excluding steroid dienone is 1. The van der Waals surface area contributed by atoms with E-state index >= 15 is 0 Å². The van der Waals surface area contributed by atoms with Crippen LogP contribution in [0.25, 0.3) is 16.5 Å². The maximum Gasteiger partial charge on any atom is 0.267 e. The van der Waals surface area contributed by atoms with Gasteiger partial charge in [-0.05, 0) is 66.6 Å². The molecule has 2 aromatic carbocycles. The summed E-state index contributed by atoms with van der Waals surface area (Å²) in [5.74, 6) is -0.500. The smallest absolute Gasteiger partial charge is 0.267 e. The average Bonchev–Trinajstić information content (AvgIpc) is 3.38. The lowest BCUT2D eigenvalue weighted by Crippen LogP contribution is -2.29. The van der Waals surface area contributed by atoms with Crippen LogP contribution in [0.15, 0.2) is 54.7 Å². The fourth-order valence-corrected chi connectivity index (χ4v) is 4.67. The first kappa shape index (κ1) is 20.4. The van der Waals surface area contributed by atoms with Gasteiger partial charge >= 0.3 is 0 Å². The fraction of sp³-hybridized carbons (Fsp3) is 0.320. The molecular formula is C25H29N3O2. The van der Waals surface area contributed by atoms with E-state index in [9.17, 15) is 4.79 Å². The fourth-order valence-electron chi connectivity index (χ4n) is 4.67. The number of hydrogen-bond donors (Lipinski definition) is 3. The maximum atomic E-state index is 11.4. The lowest BCUT2D eigenvalue weighted by atomic mass is 9.99. The molecule has 4 rings (SSSR count). The number of likely N-dealkylation sites (N-methyl/N-ethyl adjacent to an activating group) is 1. The van der Waals surface area contributed by atoms with Gasteiger partial charge in [-0.2, -0.15) is 0 Å². The van der Waals surface area contributed by atoms with Gasteiger partial charge in [0, 0.05) is 35.8 Å². The lowest BCUT2D eigenvalue weighted by molar-refractivity contribution is -0.124. The number of para-hydroxylation sites is 1. The zero-order valence-corrected chi connectivity index (χ0v) is 17.6. The molecule has 0 aliphatic heterocycles. The molecule has 1 aliphatic carbocycles. The zero-order valence-electron chi connectivity index (χ0n) is 17.6. The van der Waals surface area contributed by atoms with E-state index in [0.717, 1.165) is 43.5 Å². The SMILES string of the molecule is CCN(CCc1c[nH]c2ccccc12)C1CCc2cc(/C(C)=C/C(=O)NO)ccc21. The van der Waals surface area contributed by atoms with Gasteiger partial charge in [0.1, 0.15) is 0 Å².